The van der Waals surface area contributed by atoms with Crippen molar-refractivity contribution in [1.82, 2.24) is 0 Å². The van der Waals surface area contributed by atoms with Gasteiger partial charge in [-0.2, -0.15) is 0 Å². The first kappa shape index (κ1) is 24.0. The summed E-state index contributed by atoms with van der Waals surface area (Å²) in [6.45, 7) is -1.47. The second-order valence-electron chi connectivity index (χ2n) is 6.34. The summed E-state index contributed by atoms with van der Waals surface area (Å²) in [5.74, 6) is 0. The summed E-state index contributed by atoms with van der Waals surface area (Å²) in [5, 5.41) is 59.3. The fraction of sp³-hybridized carbons (Fsp3) is 1.00. The van der Waals surface area contributed by atoms with Crippen molar-refractivity contribution in [2.24, 2.45) is 0 Å². The standard InChI is InChI=1S/C13H25O14P/c1-23-13-11(9(18)6(15)4(2-14)25-13)27-12-10(19)8(17)7(16)5(26-12)3-24-28(20,21)22/h4-19H,2-3H2,1H3,(H2,20,21,22). The van der Waals surface area contributed by atoms with Gasteiger partial charge >= 0.3 is 7.82 Å². The van der Waals surface area contributed by atoms with E-state index in [2.05, 4.69) is 4.52 Å². The molecule has 14 nitrogen and oxygen atoms in total. The molecule has 10 atom stereocenters. The Kier molecular flexibility index (Phi) is 8.29. The van der Waals surface area contributed by atoms with Gasteiger partial charge in [-0.1, -0.05) is 0 Å². The summed E-state index contributed by atoms with van der Waals surface area (Å²) in [5.41, 5.74) is 0. The number of rotatable bonds is 7. The molecule has 2 rings (SSSR count). The lowest BCUT2D eigenvalue weighted by Crippen LogP contribution is -2.64. The van der Waals surface area contributed by atoms with Crippen LogP contribution in [-0.4, -0.2) is 122 Å². The van der Waals surface area contributed by atoms with Gasteiger partial charge in [0.05, 0.1) is 13.2 Å². The summed E-state index contributed by atoms with van der Waals surface area (Å²) in [6.07, 6.45) is -15.8. The predicted molar refractivity (Wildman–Crippen MR) is 84.3 cm³/mol. The van der Waals surface area contributed by atoms with Gasteiger partial charge in [0.15, 0.2) is 12.6 Å². The third-order valence-electron chi connectivity index (χ3n) is 4.42. The van der Waals surface area contributed by atoms with Crippen LogP contribution < -0.4 is 0 Å². The van der Waals surface area contributed by atoms with Gasteiger partial charge in [-0.05, 0) is 0 Å². The van der Waals surface area contributed by atoms with E-state index in [9.17, 15) is 30.1 Å². The minimum atomic E-state index is -4.90. The lowest BCUT2D eigenvalue weighted by molar-refractivity contribution is -0.364. The Labute approximate surface area is 159 Å². The van der Waals surface area contributed by atoms with E-state index in [0.717, 1.165) is 0 Å². The summed E-state index contributed by atoms with van der Waals surface area (Å²) in [4.78, 5) is 17.5. The van der Waals surface area contributed by atoms with Gasteiger partial charge in [0, 0.05) is 7.11 Å². The molecule has 2 saturated heterocycles. The van der Waals surface area contributed by atoms with Crippen LogP contribution in [0.5, 0.6) is 0 Å². The van der Waals surface area contributed by atoms with Crippen LogP contribution in [0, 0.1) is 0 Å². The van der Waals surface area contributed by atoms with Gasteiger partial charge in [-0.3, -0.25) is 4.52 Å². The third-order valence-corrected chi connectivity index (χ3v) is 4.91. The van der Waals surface area contributed by atoms with Gasteiger partial charge in [-0.25, -0.2) is 4.57 Å². The Morgan fingerprint density at radius 2 is 1.43 bits per heavy atom. The minimum absolute atomic E-state index is 0.625. The first-order chi connectivity index (χ1) is 13.0. The molecular weight excluding hydrogens is 411 g/mol. The van der Waals surface area contributed by atoms with E-state index in [1.807, 2.05) is 0 Å². The minimum Gasteiger partial charge on any atom is -0.394 e. The first-order valence-corrected chi connectivity index (χ1v) is 9.73. The molecule has 2 fully saturated rings. The Hall–Kier alpha value is -0.290. The van der Waals surface area contributed by atoms with Gasteiger partial charge in [0.2, 0.25) is 0 Å². The number of ether oxygens (including phenoxy) is 4. The Morgan fingerprint density at radius 1 is 0.857 bits per heavy atom. The smallest absolute Gasteiger partial charge is 0.394 e. The van der Waals surface area contributed by atoms with Crippen LogP contribution in [0.4, 0.5) is 0 Å². The van der Waals surface area contributed by atoms with Crippen LogP contribution in [0.2, 0.25) is 0 Å². The monoisotopic (exact) mass is 436 g/mol. The average Bonchev–Trinajstić information content (AvgIpc) is 2.64. The van der Waals surface area contributed by atoms with E-state index in [4.69, 9.17) is 33.8 Å². The largest absolute Gasteiger partial charge is 0.469 e. The topological polar surface area (TPSA) is 225 Å². The molecule has 0 spiro atoms. The molecule has 0 bridgehead atoms. The first-order valence-electron chi connectivity index (χ1n) is 8.20. The molecule has 0 aromatic rings. The van der Waals surface area contributed by atoms with Crippen molar-refractivity contribution in [1.29, 1.82) is 0 Å². The normalized spacial score (nSPS) is 45.2. The number of aliphatic hydroxyl groups is 6. The molecule has 0 aliphatic carbocycles. The fourth-order valence-corrected chi connectivity index (χ4v) is 3.22. The quantitative estimate of drug-likeness (QED) is 0.176. The molecule has 28 heavy (non-hydrogen) atoms. The van der Waals surface area contributed by atoms with Crippen molar-refractivity contribution in [3.05, 3.63) is 0 Å². The molecule has 2 aliphatic heterocycles. The van der Waals surface area contributed by atoms with Crippen molar-refractivity contribution in [2.75, 3.05) is 20.3 Å². The number of phosphoric ester groups is 1. The summed E-state index contributed by atoms with van der Waals surface area (Å²) >= 11 is 0. The average molecular weight is 436 g/mol. The molecule has 2 aliphatic rings. The zero-order chi connectivity index (χ0) is 21.2. The highest BCUT2D eigenvalue weighted by molar-refractivity contribution is 7.46. The van der Waals surface area contributed by atoms with Gasteiger partial charge in [-0.15, -0.1) is 0 Å². The van der Waals surface area contributed by atoms with E-state index in [-0.39, 0.29) is 0 Å². The zero-order valence-corrected chi connectivity index (χ0v) is 15.6. The SMILES string of the molecule is COC1OC(CO)C(O)C(O)C1OC1OC(COP(=O)(O)O)C(O)C(O)C1O. The maximum atomic E-state index is 10.8. The van der Waals surface area contributed by atoms with Crippen LogP contribution in [0.25, 0.3) is 0 Å². The maximum absolute atomic E-state index is 10.8. The lowest BCUT2D eigenvalue weighted by atomic mass is 9.97. The summed E-state index contributed by atoms with van der Waals surface area (Å²) in [7, 11) is -3.72. The highest BCUT2D eigenvalue weighted by atomic mass is 31.2. The molecule has 0 aromatic heterocycles. The third kappa shape index (κ3) is 5.44. The number of phosphoric acid groups is 1. The van der Waals surface area contributed by atoms with E-state index < -0.39 is 82.4 Å². The molecule has 0 saturated carbocycles. The molecule has 0 radical (unpaired) electrons. The molecule has 15 heteroatoms. The predicted octanol–water partition coefficient (Wildman–Crippen LogP) is -4.63. The molecule has 0 aromatic carbocycles. The Balaban J connectivity index is 2.12. The molecule has 8 N–H and O–H groups in total. The highest BCUT2D eigenvalue weighted by Gasteiger charge is 2.50. The van der Waals surface area contributed by atoms with E-state index in [0.29, 0.717) is 0 Å². The Bertz CT molecular complexity index is 541. The summed E-state index contributed by atoms with van der Waals surface area (Å²) in [6, 6.07) is 0. The molecular formula is C13H25O14P. The van der Waals surface area contributed by atoms with Crippen LogP contribution in [0.3, 0.4) is 0 Å². The lowest BCUT2D eigenvalue weighted by Gasteiger charge is -2.45. The number of hydrogen-bond donors (Lipinski definition) is 8. The van der Waals surface area contributed by atoms with Crippen LogP contribution in [-0.2, 0) is 28.0 Å². The highest BCUT2D eigenvalue weighted by Crippen LogP contribution is 2.37. The molecule has 10 unspecified atom stereocenters. The van der Waals surface area contributed by atoms with E-state index in [1.165, 1.54) is 7.11 Å². The Morgan fingerprint density at radius 3 is 1.96 bits per heavy atom. The van der Waals surface area contributed by atoms with E-state index >= 15 is 0 Å². The van der Waals surface area contributed by atoms with Crippen LogP contribution in [0.1, 0.15) is 0 Å². The van der Waals surface area contributed by atoms with Crippen molar-refractivity contribution in [2.45, 2.75) is 61.4 Å². The zero-order valence-electron chi connectivity index (χ0n) is 14.7. The number of hydrogen-bond acceptors (Lipinski definition) is 12. The second-order valence-corrected chi connectivity index (χ2v) is 7.58. The fourth-order valence-electron chi connectivity index (χ4n) is 2.88. The molecule has 0 amide bonds. The number of methoxy groups -OCH3 is 1. The molecule has 2 heterocycles. The van der Waals surface area contributed by atoms with Crippen molar-refractivity contribution in [3.63, 3.8) is 0 Å². The van der Waals surface area contributed by atoms with Crippen molar-refractivity contribution >= 4 is 7.82 Å². The second kappa shape index (κ2) is 9.68. The van der Waals surface area contributed by atoms with Gasteiger partial charge < -0.3 is 59.4 Å². The maximum Gasteiger partial charge on any atom is 0.469 e. The van der Waals surface area contributed by atoms with Crippen LogP contribution in [0.15, 0.2) is 0 Å². The van der Waals surface area contributed by atoms with Crippen LogP contribution >= 0.6 is 7.82 Å². The molecule has 166 valence electrons. The van der Waals surface area contributed by atoms with Crippen molar-refractivity contribution in [3.8, 4) is 0 Å². The number of aliphatic hydroxyl groups excluding tert-OH is 6. The van der Waals surface area contributed by atoms with E-state index in [1.54, 1.807) is 0 Å². The van der Waals surface area contributed by atoms with Crippen molar-refractivity contribution < 1.29 is 68.5 Å². The van der Waals surface area contributed by atoms with Gasteiger partial charge in [0.25, 0.3) is 0 Å². The summed E-state index contributed by atoms with van der Waals surface area (Å²) < 4.78 is 35.9. The van der Waals surface area contributed by atoms with Gasteiger partial charge in [0.1, 0.15) is 48.8 Å².